The lowest BCUT2D eigenvalue weighted by Crippen LogP contribution is -2.07. The number of thiophene rings is 1. The predicted octanol–water partition coefficient (Wildman–Crippen LogP) is 3.52. The monoisotopic (exact) mass is 340 g/mol. The molecular weight excluding hydrogens is 332 g/mol. The minimum absolute atomic E-state index is 0.353. The fraction of sp³-hybridized carbons (Fsp3) is 0.0769. The minimum atomic E-state index is -0.447. The maximum atomic E-state index is 11.8. The van der Waals surface area contributed by atoms with E-state index in [0.29, 0.717) is 20.7 Å². The van der Waals surface area contributed by atoms with Crippen LogP contribution in [-0.2, 0) is 4.74 Å². The van der Waals surface area contributed by atoms with Gasteiger partial charge in [-0.3, -0.25) is 0 Å². The van der Waals surface area contributed by atoms with Crippen LogP contribution in [0.4, 0.5) is 0 Å². The van der Waals surface area contributed by atoms with Crippen molar-refractivity contribution in [2.75, 3.05) is 7.11 Å². The van der Waals surface area contributed by atoms with Crippen LogP contribution in [0.15, 0.2) is 40.2 Å². The Morgan fingerprint density at radius 3 is 2.58 bits per heavy atom. The Morgan fingerprint density at radius 2 is 2.00 bits per heavy atom. The highest BCUT2D eigenvalue weighted by atomic mass is 79.9. The maximum Gasteiger partial charge on any atom is 0.353 e. The summed E-state index contributed by atoms with van der Waals surface area (Å²) in [6.07, 6.45) is 0. The number of carbonyl (C=O) groups excluding carboxylic acids is 2. The molecule has 0 aliphatic carbocycles. The van der Waals surface area contributed by atoms with Crippen LogP contribution in [0.1, 0.15) is 20.0 Å². The first-order chi connectivity index (χ1) is 9.11. The number of benzene rings is 1. The second kappa shape index (κ2) is 5.99. The Hall–Kier alpha value is -1.66. The largest absolute Gasteiger partial charge is 0.465 e. The van der Waals surface area contributed by atoms with Gasteiger partial charge in [-0.25, -0.2) is 9.59 Å². The van der Waals surface area contributed by atoms with E-state index in [1.54, 1.807) is 29.6 Å². The number of halogens is 1. The molecule has 1 aromatic carbocycles. The molecule has 0 amide bonds. The van der Waals surface area contributed by atoms with Crippen LogP contribution in [0, 0.1) is 0 Å². The van der Waals surface area contributed by atoms with Gasteiger partial charge in [-0.15, -0.1) is 11.3 Å². The molecule has 0 saturated carbocycles. The average molecular weight is 341 g/mol. The lowest BCUT2D eigenvalue weighted by atomic mass is 10.2. The molecule has 0 unspecified atom stereocenters. The van der Waals surface area contributed by atoms with Gasteiger partial charge in [0.25, 0.3) is 0 Å². The normalized spacial score (nSPS) is 10.0. The predicted molar refractivity (Wildman–Crippen MR) is 74.8 cm³/mol. The summed E-state index contributed by atoms with van der Waals surface area (Å²) in [7, 11) is 1.31. The van der Waals surface area contributed by atoms with Crippen LogP contribution >= 0.6 is 27.3 Å². The van der Waals surface area contributed by atoms with Gasteiger partial charge in [-0.1, -0.05) is 6.07 Å². The summed E-state index contributed by atoms with van der Waals surface area (Å²) in [6, 6.07) is 8.08. The fourth-order valence-electron chi connectivity index (χ4n) is 1.37. The Morgan fingerprint density at radius 1 is 1.21 bits per heavy atom. The first kappa shape index (κ1) is 13.8. The zero-order valence-electron chi connectivity index (χ0n) is 9.88. The summed E-state index contributed by atoms with van der Waals surface area (Å²) in [5.74, 6) is -0.524. The van der Waals surface area contributed by atoms with Crippen molar-refractivity contribution in [3.8, 4) is 5.75 Å². The molecular formula is C13H9BrO4S. The molecule has 4 nitrogen and oxygen atoms in total. The highest BCUT2D eigenvalue weighted by Gasteiger charge is 2.14. The molecule has 0 aliphatic rings. The lowest BCUT2D eigenvalue weighted by Gasteiger charge is -2.06. The van der Waals surface area contributed by atoms with Crippen LogP contribution in [0.25, 0.3) is 0 Å². The van der Waals surface area contributed by atoms with E-state index in [1.165, 1.54) is 24.5 Å². The third-order valence-electron chi connectivity index (χ3n) is 2.28. The Kier molecular flexibility index (Phi) is 4.34. The van der Waals surface area contributed by atoms with Gasteiger partial charge in [0.05, 0.1) is 17.1 Å². The van der Waals surface area contributed by atoms with Crippen molar-refractivity contribution >= 4 is 39.2 Å². The van der Waals surface area contributed by atoms with Gasteiger partial charge in [0.15, 0.2) is 0 Å². The number of carbonyl (C=O) groups is 2. The third-order valence-corrected chi connectivity index (χ3v) is 3.75. The maximum absolute atomic E-state index is 11.8. The molecule has 0 bridgehead atoms. The Labute approximate surface area is 122 Å². The van der Waals surface area contributed by atoms with Crippen molar-refractivity contribution in [3.63, 3.8) is 0 Å². The van der Waals surface area contributed by atoms with Crippen LogP contribution in [0.5, 0.6) is 5.75 Å². The SMILES string of the molecule is COC(=O)c1ccc(OC(=O)c2cccs2)c(Br)c1. The smallest absolute Gasteiger partial charge is 0.353 e. The topological polar surface area (TPSA) is 52.6 Å². The van der Waals surface area contributed by atoms with Gasteiger partial charge < -0.3 is 9.47 Å². The molecule has 0 N–H and O–H groups in total. The number of hydrogen-bond acceptors (Lipinski definition) is 5. The molecule has 98 valence electrons. The zero-order valence-corrected chi connectivity index (χ0v) is 12.3. The number of methoxy groups -OCH3 is 1. The van der Waals surface area contributed by atoms with Gasteiger partial charge >= 0.3 is 11.9 Å². The van der Waals surface area contributed by atoms with Gasteiger partial charge in [0.2, 0.25) is 0 Å². The van der Waals surface area contributed by atoms with Crippen molar-refractivity contribution in [2.24, 2.45) is 0 Å². The second-order valence-corrected chi connectivity index (χ2v) is 5.31. The van der Waals surface area contributed by atoms with E-state index in [2.05, 4.69) is 20.7 Å². The van der Waals surface area contributed by atoms with Gasteiger partial charge in [-0.2, -0.15) is 0 Å². The van der Waals surface area contributed by atoms with E-state index in [1.807, 2.05) is 0 Å². The zero-order chi connectivity index (χ0) is 13.8. The van der Waals surface area contributed by atoms with E-state index in [-0.39, 0.29) is 0 Å². The lowest BCUT2D eigenvalue weighted by molar-refractivity contribution is 0.0600. The molecule has 1 heterocycles. The van der Waals surface area contributed by atoms with Crippen LogP contribution in [0.3, 0.4) is 0 Å². The van der Waals surface area contributed by atoms with Crippen molar-refractivity contribution < 1.29 is 19.1 Å². The molecule has 0 spiro atoms. The van der Waals surface area contributed by atoms with Gasteiger partial charge in [0, 0.05) is 0 Å². The van der Waals surface area contributed by atoms with E-state index in [4.69, 9.17) is 4.74 Å². The molecule has 1 aromatic heterocycles. The number of rotatable bonds is 3. The second-order valence-electron chi connectivity index (χ2n) is 3.50. The Balaban J connectivity index is 2.18. The van der Waals surface area contributed by atoms with Crippen molar-refractivity contribution in [1.82, 2.24) is 0 Å². The van der Waals surface area contributed by atoms with E-state index in [9.17, 15) is 9.59 Å². The van der Waals surface area contributed by atoms with Crippen LogP contribution < -0.4 is 4.74 Å². The molecule has 0 aliphatic heterocycles. The first-order valence-corrected chi connectivity index (χ1v) is 6.92. The third kappa shape index (κ3) is 3.21. The number of esters is 2. The average Bonchev–Trinajstić information content (AvgIpc) is 2.94. The van der Waals surface area contributed by atoms with Crippen molar-refractivity contribution in [1.29, 1.82) is 0 Å². The fourth-order valence-corrected chi connectivity index (χ4v) is 2.43. The molecule has 0 radical (unpaired) electrons. The number of ether oxygens (including phenoxy) is 2. The summed E-state index contributed by atoms with van der Waals surface area (Å²) in [6.45, 7) is 0. The minimum Gasteiger partial charge on any atom is -0.465 e. The van der Waals surface area contributed by atoms with Crippen molar-refractivity contribution in [2.45, 2.75) is 0 Å². The molecule has 0 atom stereocenters. The molecule has 19 heavy (non-hydrogen) atoms. The quantitative estimate of drug-likeness (QED) is 0.633. The molecule has 2 aromatic rings. The highest BCUT2D eigenvalue weighted by Crippen LogP contribution is 2.27. The summed E-state index contributed by atoms with van der Waals surface area (Å²) in [4.78, 5) is 23.6. The van der Waals surface area contributed by atoms with Crippen molar-refractivity contribution in [3.05, 3.63) is 50.6 Å². The van der Waals surface area contributed by atoms with E-state index >= 15 is 0 Å². The van der Waals surface area contributed by atoms with Gasteiger partial charge in [-0.05, 0) is 45.6 Å². The van der Waals surface area contributed by atoms with Gasteiger partial charge in [0.1, 0.15) is 10.6 Å². The van der Waals surface area contributed by atoms with E-state index in [0.717, 1.165) is 0 Å². The number of hydrogen-bond donors (Lipinski definition) is 0. The molecule has 0 fully saturated rings. The summed E-state index contributed by atoms with van der Waals surface area (Å²) in [5.41, 5.74) is 0.380. The standard InChI is InChI=1S/C13H9BrO4S/c1-17-12(15)8-4-5-10(9(14)7-8)18-13(16)11-3-2-6-19-11/h2-7H,1H3. The first-order valence-electron chi connectivity index (χ1n) is 5.25. The molecule has 2 rings (SSSR count). The summed E-state index contributed by atoms with van der Waals surface area (Å²) < 4.78 is 10.3. The van der Waals surface area contributed by atoms with Crippen LogP contribution in [-0.4, -0.2) is 19.0 Å². The van der Waals surface area contributed by atoms with E-state index < -0.39 is 11.9 Å². The summed E-state index contributed by atoms with van der Waals surface area (Å²) in [5, 5.41) is 1.80. The Bertz CT molecular complexity index is 607. The summed E-state index contributed by atoms with van der Waals surface area (Å²) >= 11 is 4.56. The highest BCUT2D eigenvalue weighted by molar-refractivity contribution is 9.10. The molecule has 6 heteroatoms. The molecule has 0 saturated heterocycles. The van der Waals surface area contributed by atoms with Crippen LogP contribution in [0.2, 0.25) is 0 Å².